The third-order valence-corrected chi connectivity index (χ3v) is 8.26. The van der Waals surface area contributed by atoms with Crippen LogP contribution in [0.1, 0.15) is 28.7 Å². The van der Waals surface area contributed by atoms with E-state index in [0.717, 1.165) is 22.3 Å². The number of rotatable bonds is 9. The number of carbonyl (C=O) groups is 2. The molecule has 2 aliphatic rings. The summed E-state index contributed by atoms with van der Waals surface area (Å²) in [5.74, 6) is -1.43. The van der Waals surface area contributed by atoms with Crippen molar-refractivity contribution in [2.75, 3.05) is 0 Å². The molecule has 0 unspecified atom stereocenters. The van der Waals surface area contributed by atoms with E-state index < -0.39 is 16.8 Å². The summed E-state index contributed by atoms with van der Waals surface area (Å²) in [5, 5.41) is 11.0. The van der Waals surface area contributed by atoms with Crippen molar-refractivity contribution >= 4 is 11.8 Å². The van der Waals surface area contributed by atoms with Crippen molar-refractivity contribution in [2.45, 2.75) is 17.3 Å². The first-order valence-corrected chi connectivity index (χ1v) is 13.2. The summed E-state index contributed by atoms with van der Waals surface area (Å²) in [6.45, 7) is 0. The van der Waals surface area contributed by atoms with Crippen molar-refractivity contribution < 1.29 is 14.7 Å². The van der Waals surface area contributed by atoms with Gasteiger partial charge in [0, 0.05) is 12.3 Å². The van der Waals surface area contributed by atoms with Crippen LogP contribution < -0.4 is 0 Å². The topological polar surface area (TPSA) is 54.4 Å². The number of carboxylic acids is 1. The zero-order chi connectivity index (χ0) is 26.9. The van der Waals surface area contributed by atoms with Crippen molar-refractivity contribution in [3.63, 3.8) is 0 Å². The molecule has 4 aromatic rings. The second-order valence-corrected chi connectivity index (χ2v) is 10.2. The van der Waals surface area contributed by atoms with Gasteiger partial charge in [-0.15, -0.1) is 0 Å². The number of aliphatic carboxylic acids is 1. The summed E-state index contributed by atoms with van der Waals surface area (Å²) in [4.78, 5) is 28.7. The van der Waals surface area contributed by atoms with Crippen LogP contribution in [0, 0.1) is 5.92 Å². The maximum Gasteiger partial charge on any atom is 0.319 e. The van der Waals surface area contributed by atoms with Gasteiger partial charge in [0.05, 0.1) is 5.41 Å². The molecule has 39 heavy (non-hydrogen) atoms. The largest absolute Gasteiger partial charge is 0.480 e. The molecule has 1 N–H and O–H groups in total. The molecule has 0 aromatic heterocycles. The predicted octanol–water partition coefficient (Wildman–Crippen LogP) is 7.06. The van der Waals surface area contributed by atoms with Crippen molar-refractivity contribution in [1.29, 1.82) is 0 Å². The summed E-state index contributed by atoms with van der Waals surface area (Å²) in [7, 11) is 0. The van der Waals surface area contributed by atoms with Gasteiger partial charge >= 0.3 is 5.97 Å². The summed E-state index contributed by atoms with van der Waals surface area (Å²) in [6, 6.07) is 38.0. The zero-order valence-corrected chi connectivity index (χ0v) is 21.4. The molecule has 3 heteroatoms. The van der Waals surface area contributed by atoms with E-state index in [9.17, 15) is 9.90 Å². The molecular formula is C36H28O3. The quantitative estimate of drug-likeness (QED) is 0.263. The molecule has 6 rings (SSSR count). The third-order valence-electron chi connectivity index (χ3n) is 8.26. The second-order valence-electron chi connectivity index (χ2n) is 10.2. The Morgan fingerprint density at radius 1 is 0.564 bits per heavy atom. The van der Waals surface area contributed by atoms with E-state index in [-0.39, 0.29) is 18.1 Å². The van der Waals surface area contributed by atoms with Crippen LogP contribution in [0.3, 0.4) is 0 Å². The number of hydrogen-bond donors (Lipinski definition) is 1. The van der Waals surface area contributed by atoms with Crippen molar-refractivity contribution in [3.8, 4) is 0 Å². The van der Waals surface area contributed by atoms with Gasteiger partial charge in [-0.05, 0) is 33.4 Å². The number of Topliss-reactive ketones (excluding diaryl/α,β-unsaturated/α-hetero) is 1. The number of benzene rings is 4. The lowest BCUT2D eigenvalue weighted by Crippen LogP contribution is -2.49. The number of allylic oxidation sites excluding steroid dienone is 6. The van der Waals surface area contributed by atoms with Crippen molar-refractivity contribution in [3.05, 3.63) is 179 Å². The second kappa shape index (κ2) is 9.85. The fourth-order valence-corrected chi connectivity index (χ4v) is 6.48. The highest BCUT2D eigenvalue weighted by Gasteiger charge is 2.55. The lowest BCUT2D eigenvalue weighted by Gasteiger charge is -2.42. The predicted molar refractivity (Wildman–Crippen MR) is 153 cm³/mol. The smallest absolute Gasteiger partial charge is 0.319 e. The van der Waals surface area contributed by atoms with Crippen LogP contribution in [0.5, 0.6) is 0 Å². The normalized spacial score (nSPS) is 14.7. The summed E-state index contributed by atoms with van der Waals surface area (Å²) >= 11 is 0. The first-order chi connectivity index (χ1) is 19.1. The fourth-order valence-electron chi connectivity index (χ4n) is 6.48. The van der Waals surface area contributed by atoms with E-state index in [1.54, 1.807) is 0 Å². The van der Waals surface area contributed by atoms with Crippen molar-refractivity contribution in [1.82, 2.24) is 0 Å². The van der Waals surface area contributed by atoms with Gasteiger partial charge in [-0.3, -0.25) is 9.59 Å². The third kappa shape index (κ3) is 3.81. The molecule has 0 spiro atoms. The highest BCUT2D eigenvalue weighted by atomic mass is 16.4. The van der Waals surface area contributed by atoms with Gasteiger partial charge in [0.15, 0.2) is 5.78 Å². The fraction of sp³-hybridized carbons (Fsp3) is 0.111. The average molecular weight is 509 g/mol. The Morgan fingerprint density at radius 3 is 1.26 bits per heavy atom. The number of carbonyl (C=O) groups excluding carboxylic acids is 1. The van der Waals surface area contributed by atoms with Crippen LogP contribution in [-0.2, 0) is 20.4 Å². The van der Waals surface area contributed by atoms with Crippen LogP contribution >= 0.6 is 0 Å². The van der Waals surface area contributed by atoms with E-state index >= 15 is 4.79 Å². The molecule has 3 nitrogen and oxygen atoms in total. The highest BCUT2D eigenvalue weighted by molar-refractivity contribution is 6.01. The molecule has 0 amide bonds. The van der Waals surface area contributed by atoms with E-state index in [1.165, 1.54) is 0 Å². The van der Waals surface area contributed by atoms with Crippen LogP contribution in [0.15, 0.2) is 157 Å². The van der Waals surface area contributed by atoms with E-state index in [1.807, 2.05) is 121 Å². The number of fused-ring (bicyclic) bond motifs is 2. The standard InChI is InChI=1S/C36H28O3/c37-32(25-35(34(38)39,28-13-5-1-6-14-28)29-15-7-2-8-16-29)36(30-17-9-3-10-18-30,31-19-11-4-12-20-31)33-26-21-22-27(33)24-23-26/h1-24,33H,25H2,(H,38,39). The first-order valence-electron chi connectivity index (χ1n) is 13.2. The molecular weight excluding hydrogens is 480 g/mol. The van der Waals surface area contributed by atoms with Crippen LogP contribution in [0.4, 0.5) is 0 Å². The maximum absolute atomic E-state index is 15.3. The molecule has 0 atom stereocenters. The van der Waals surface area contributed by atoms with Crippen LogP contribution in [0.25, 0.3) is 0 Å². The monoisotopic (exact) mass is 508 g/mol. The van der Waals surface area contributed by atoms with Gasteiger partial charge in [0.25, 0.3) is 0 Å². The molecule has 4 aromatic carbocycles. The summed E-state index contributed by atoms with van der Waals surface area (Å²) < 4.78 is 0. The summed E-state index contributed by atoms with van der Waals surface area (Å²) in [6.07, 6.45) is 8.09. The Kier molecular flexibility index (Phi) is 6.20. The Balaban J connectivity index is 1.63. The first kappa shape index (κ1) is 24.6. The highest BCUT2D eigenvalue weighted by Crippen LogP contribution is 2.54. The van der Waals surface area contributed by atoms with E-state index in [2.05, 4.69) is 24.3 Å². The van der Waals surface area contributed by atoms with Crippen LogP contribution in [0.2, 0.25) is 0 Å². The van der Waals surface area contributed by atoms with Gasteiger partial charge in [0.2, 0.25) is 0 Å². The minimum absolute atomic E-state index is 0.137. The number of carboxylic acid groups (broad SMARTS) is 1. The van der Waals surface area contributed by atoms with Gasteiger partial charge in [0.1, 0.15) is 5.41 Å². The van der Waals surface area contributed by atoms with Gasteiger partial charge in [-0.1, -0.05) is 146 Å². The zero-order valence-electron chi connectivity index (χ0n) is 21.4. The molecule has 0 radical (unpaired) electrons. The number of hydrogen-bond acceptors (Lipinski definition) is 2. The minimum Gasteiger partial charge on any atom is -0.480 e. The Morgan fingerprint density at radius 2 is 0.923 bits per heavy atom. The molecule has 0 saturated heterocycles. The molecule has 0 saturated carbocycles. The SMILES string of the molecule is O=C(O)C(CC(=O)C(c1ccccc1)(c1ccccc1)C1C2=CC=C1C=C2)(c1ccccc1)c1ccccc1. The lowest BCUT2D eigenvalue weighted by molar-refractivity contribution is -0.145. The van der Waals surface area contributed by atoms with E-state index in [4.69, 9.17) is 0 Å². The molecule has 190 valence electrons. The Bertz CT molecular complexity index is 1500. The van der Waals surface area contributed by atoms with E-state index in [0.29, 0.717) is 11.1 Å². The molecule has 2 bridgehead atoms. The van der Waals surface area contributed by atoms with Gasteiger partial charge in [-0.25, -0.2) is 0 Å². The Hall–Kier alpha value is -4.76. The molecule has 2 aliphatic carbocycles. The molecule has 0 heterocycles. The number of ketones is 1. The van der Waals surface area contributed by atoms with Crippen molar-refractivity contribution in [2.24, 2.45) is 5.92 Å². The maximum atomic E-state index is 15.3. The van der Waals surface area contributed by atoms with Gasteiger partial charge in [-0.2, -0.15) is 0 Å². The Labute approximate surface area is 228 Å². The molecule has 0 aliphatic heterocycles. The van der Waals surface area contributed by atoms with Crippen LogP contribution in [-0.4, -0.2) is 16.9 Å². The van der Waals surface area contributed by atoms with Gasteiger partial charge < -0.3 is 5.11 Å². The summed E-state index contributed by atoms with van der Waals surface area (Å²) in [5.41, 5.74) is 2.31. The minimum atomic E-state index is -1.57. The molecule has 0 fully saturated rings. The lowest BCUT2D eigenvalue weighted by atomic mass is 9.57. The average Bonchev–Trinajstić information content (AvgIpc) is 3.59.